The average molecular weight is 181 g/mol. The Morgan fingerprint density at radius 1 is 1.73 bits per heavy atom. The fourth-order valence-corrected chi connectivity index (χ4v) is 0.752. The van der Waals surface area contributed by atoms with Gasteiger partial charge in [-0.3, -0.25) is 4.55 Å². The number of hydrogen-bond donors (Lipinski definition) is 2. The Labute approximate surface area is 65.8 Å². The topological polar surface area (TPSA) is 75.6 Å². The molecule has 0 saturated carbocycles. The van der Waals surface area contributed by atoms with Crippen molar-refractivity contribution in [2.24, 2.45) is 0 Å². The van der Waals surface area contributed by atoms with E-state index in [0.29, 0.717) is 0 Å². The van der Waals surface area contributed by atoms with E-state index in [1.165, 1.54) is 7.11 Å². The van der Waals surface area contributed by atoms with Crippen molar-refractivity contribution < 1.29 is 17.7 Å². The standard InChI is InChI=1S/C5H11NO4S/c1-5(10-2)6-3-4-11(7,8)9/h6H,1,3-4H2,2H3,(H,7,8,9). The van der Waals surface area contributed by atoms with E-state index in [9.17, 15) is 8.42 Å². The van der Waals surface area contributed by atoms with Crippen LogP contribution in [-0.2, 0) is 14.9 Å². The van der Waals surface area contributed by atoms with Gasteiger partial charge in [0.05, 0.1) is 12.9 Å². The van der Waals surface area contributed by atoms with Gasteiger partial charge in [0.25, 0.3) is 10.1 Å². The first kappa shape index (κ1) is 10.2. The van der Waals surface area contributed by atoms with Crippen molar-refractivity contribution in [2.45, 2.75) is 0 Å². The summed E-state index contributed by atoms with van der Waals surface area (Å²) in [5, 5.41) is 2.53. The highest BCUT2D eigenvalue weighted by molar-refractivity contribution is 7.85. The van der Waals surface area contributed by atoms with Crippen LogP contribution in [0.1, 0.15) is 0 Å². The molecule has 0 aromatic heterocycles. The molecule has 2 N–H and O–H groups in total. The first-order chi connectivity index (χ1) is 4.95. The fourth-order valence-electron chi connectivity index (χ4n) is 0.392. The van der Waals surface area contributed by atoms with Gasteiger partial charge < -0.3 is 10.1 Å². The summed E-state index contributed by atoms with van der Waals surface area (Å²) < 4.78 is 33.1. The molecule has 11 heavy (non-hydrogen) atoms. The number of hydrogen-bond acceptors (Lipinski definition) is 4. The van der Waals surface area contributed by atoms with Crippen LogP contribution in [0.25, 0.3) is 0 Å². The quantitative estimate of drug-likeness (QED) is 0.445. The van der Waals surface area contributed by atoms with Crippen molar-refractivity contribution in [3.05, 3.63) is 12.5 Å². The summed E-state index contributed by atoms with van der Waals surface area (Å²) in [5.41, 5.74) is 0. The predicted octanol–water partition coefficient (Wildman–Crippen LogP) is -0.419. The molecule has 0 bridgehead atoms. The Morgan fingerprint density at radius 3 is 2.64 bits per heavy atom. The van der Waals surface area contributed by atoms with Crippen LogP contribution in [0.3, 0.4) is 0 Å². The van der Waals surface area contributed by atoms with E-state index in [0.717, 1.165) is 0 Å². The first-order valence-corrected chi connectivity index (χ1v) is 4.48. The third kappa shape index (κ3) is 7.14. The lowest BCUT2D eigenvalue weighted by Gasteiger charge is -2.05. The summed E-state index contributed by atoms with van der Waals surface area (Å²) in [6, 6.07) is 0. The fraction of sp³-hybridized carbons (Fsp3) is 0.600. The maximum atomic E-state index is 10.1. The van der Waals surface area contributed by atoms with Gasteiger partial charge in [-0.2, -0.15) is 8.42 Å². The van der Waals surface area contributed by atoms with Gasteiger partial charge >= 0.3 is 0 Å². The lowest BCUT2D eigenvalue weighted by molar-refractivity contribution is 0.265. The third-order valence-electron chi connectivity index (χ3n) is 0.929. The summed E-state index contributed by atoms with van der Waals surface area (Å²) in [5.74, 6) is -0.0799. The predicted molar refractivity (Wildman–Crippen MR) is 40.6 cm³/mol. The van der Waals surface area contributed by atoms with Gasteiger partial charge in [0.2, 0.25) is 0 Å². The molecular formula is C5H11NO4S. The number of nitrogens with one attached hydrogen (secondary N) is 1. The summed E-state index contributed by atoms with van der Waals surface area (Å²) in [7, 11) is -2.48. The molecule has 0 fully saturated rings. The molecule has 0 spiro atoms. The molecule has 0 radical (unpaired) electrons. The summed E-state index contributed by atoms with van der Waals surface area (Å²) in [6.45, 7) is 3.47. The molecule has 0 aliphatic heterocycles. The monoisotopic (exact) mass is 181 g/mol. The van der Waals surface area contributed by atoms with E-state index < -0.39 is 10.1 Å². The van der Waals surface area contributed by atoms with Crippen LogP contribution in [0.15, 0.2) is 12.5 Å². The molecule has 0 saturated heterocycles. The molecule has 0 aliphatic carbocycles. The summed E-state index contributed by atoms with van der Waals surface area (Å²) in [6.07, 6.45) is 0. The normalized spacial score (nSPS) is 10.7. The molecule has 0 aromatic rings. The number of methoxy groups -OCH3 is 1. The highest BCUT2D eigenvalue weighted by Gasteiger charge is 2.02. The van der Waals surface area contributed by atoms with Gasteiger partial charge in [0.15, 0.2) is 5.88 Å². The van der Waals surface area contributed by atoms with Gasteiger partial charge in [-0.15, -0.1) is 0 Å². The maximum absolute atomic E-state index is 10.1. The van der Waals surface area contributed by atoms with E-state index >= 15 is 0 Å². The van der Waals surface area contributed by atoms with Gasteiger partial charge in [0, 0.05) is 6.54 Å². The minimum Gasteiger partial charge on any atom is -0.483 e. The Balaban J connectivity index is 3.51. The minimum absolute atomic E-state index is 0.0888. The second kappa shape index (κ2) is 4.20. The minimum atomic E-state index is -3.89. The SMILES string of the molecule is C=C(NCCS(=O)(=O)O)OC. The molecule has 6 heteroatoms. The van der Waals surface area contributed by atoms with Crippen LogP contribution < -0.4 is 5.32 Å². The van der Waals surface area contributed by atoms with Crippen molar-refractivity contribution in [3.8, 4) is 0 Å². The molecular weight excluding hydrogens is 170 g/mol. The highest BCUT2D eigenvalue weighted by atomic mass is 32.2. The van der Waals surface area contributed by atoms with E-state index in [-0.39, 0.29) is 18.2 Å². The second-order valence-corrected chi connectivity index (χ2v) is 3.41. The van der Waals surface area contributed by atoms with Crippen molar-refractivity contribution in [2.75, 3.05) is 19.4 Å². The molecule has 0 aliphatic rings. The van der Waals surface area contributed by atoms with E-state index in [2.05, 4.69) is 16.6 Å². The van der Waals surface area contributed by atoms with Crippen LogP contribution in [-0.4, -0.2) is 32.4 Å². The van der Waals surface area contributed by atoms with Crippen LogP contribution in [0.5, 0.6) is 0 Å². The third-order valence-corrected chi connectivity index (χ3v) is 1.65. The zero-order valence-electron chi connectivity index (χ0n) is 6.20. The van der Waals surface area contributed by atoms with E-state index in [4.69, 9.17) is 4.55 Å². The molecule has 0 unspecified atom stereocenters. The van der Waals surface area contributed by atoms with Crippen molar-refractivity contribution in [1.82, 2.24) is 5.32 Å². The average Bonchev–Trinajstić information content (AvgIpc) is 1.85. The maximum Gasteiger partial charge on any atom is 0.266 e. The van der Waals surface area contributed by atoms with Crippen LogP contribution in [0.2, 0.25) is 0 Å². The Kier molecular flexibility index (Phi) is 3.91. The Morgan fingerprint density at radius 2 is 2.27 bits per heavy atom. The molecule has 0 aromatic carbocycles. The smallest absolute Gasteiger partial charge is 0.266 e. The van der Waals surface area contributed by atoms with Crippen LogP contribution in [0.4, 0.5) is 0 Å². The van der Waals surface area contributed by atoms with Gasteiger partial charge in [-0.1, -0.05) is 0 Å². The molecule has 66 valence electrons. The molecule has 5 nitrogen and oxygen atoms in total. The highest BCUT2D eigenvalue weighted by Crippen LogP contribution is 1.84. The number of rotatable bonds is 5. The zero-order valence-corrected chi connectivity index (χ0v) is 7.02. The first-order valence-electron chi connectivity index (χ1n) is 2.87. The summed E-state index contributed by atoms with van der Waals surface area (Å²) >= 11 is 0. The number of ether oxygens (including phenoxy) is 1. The van der Waals surface area contributed by atoms with Gasteiger partial charge in [0.1, 0.15) is 0 Å². The lowest BCUT2D eigenvalue weighted by atomic mass is 10.7. The Hall–Kier alpha value is -0.750. The van der Waals surface area contributed by atoms with Crippen molar-refractivity contribution in [3.63, 3.8) is 0 Å². The molecule has 0 atom stereocenters. The van der Waals surface area contributed by atoms with Crippen molar-refractivity contribution in [1.29, 1.82) is 0 Å². The molecule has 0 amide bonds. The molecule has 0 rings (SSSR count). The second-order valence-electron chi connectivity index (χ2n) is 1.84. The van der Waals surface area contributed by atoms with E-state index in [1.54, 1.807) is 0 Å². The van der Waals surface area contributed by atoms with Gasteiger partial charge in [-0.25, -0.2) is 0 Å². The van der Waals surface area contributed by atoms with E-state index in [1.807, 2.05) is 0 Å². The largest absolute Gasteiger partial charge is 0.483 e. The summed E-state index contributed by atoms with van der Waals surface area (Å²) in [4.78, 5) is 0. The zero-order chi connectivity index (χ0) is 8.91. The molecule has 0 heterocycles. The van der Waals surface area contributed by atoms with Gasteiger partial charge in [-0.05, 0) is 6.58 Å². The van der Waals surface area contributed by atoms with Crippen molar-refractivity contribution >= 4 is 10.1 Å². The lowest BCUT2D eigenvalue weighted by Crippen LogP contribution is -2.22. The van der Waals surface area contributed by atoms with Crippen LogP contribution in [0, 0.1) is 0 Å². The van der Waals surface area contributed by atoms with Crippen LogP contribution >= 0.6 is 0 Å². The Bertz CT molecular complexity index is 221.